The molecule has 2 amide bonds. The van der Waals surface area contributed by atoms with Crippen molar-refractivity contribution in [1.82, 2.24) is 4.98 Å². The summed E-state index contributed by atoms with van der Waals surface area (Å²) in [5, 5.41) is 2.77. The highest BCUT2D eigenvalue weighted by Crippen LogP contribution is 2.34. The van der Waals surface area contributed by atoms with Crippen LogP contribution in [0.25, 0.3) is 0 Å². The average molecular weight is 297 g/mol. The lowest BCUT2D eigenvalue weighted by Crippen LogP contribution is -2.36. The Morgan fingerprint density at radius 2 is 2.14 bits per heavy atom. The predicted molar refractivity (Wildman–Crippen MR) is 82.2 cm³/mol. The number of carbonyl (C=O) groups is 2. The Bertz CT molecular complexity index is 716. The van der Waals surface area contributed by atoms with Gasteiger partial charge in [0.1, 0.15) is 18.1 Å². The fourth-order valence-corrected chi connectivity index (χ4v) is 2.32. The van der Waals surface area contributed by atoms with Gasteiger partial charge in [-0.1, -0.05) is 6.07 Å². The molecule has 2 heterocycles. The van der Waals surface area contributed by atoms with E-state index in [0.29, 0.717) is 30.3 Å². The quantitative estimate of drug-likeness (QED) is 0.921. The topological polar surface area (TPSA) is 71.5 Å². The number of nitrogens with zero attached hydrogens (tertiary/aromatic N) is 2. The normalized spacial score (nSPS) is 13.0. The number of hydrogen-bond acceptors (Lipinski definition) is 4. The van der Waals surface area contributed by atoms with Crippen LogP contribution in [0.1, 0.15) is 17.4 Å². The highest BCUT2D eigenvalue weighted by atomic mass is 16.5. The van der Waals surface area contributed by atoms with Gasteiger partial charge >= 0.3 is 0 Å². The molecule has 3 rings (SSSR count). The molecule has 0 saturated carbocycles. The fourth-order valence-electron chi connectivity index (χ4n) is 2.32. The van der Waals surface area contributed by atoms with Crippen molar-refractivity contribution in [1.29, 1.82) is 0 Å². The Morgan fingerprint density at radius 1 is 1.27 bits per heavy atom. The van der Waals surface area contributed by atoms with Crippen molar-refractivity contribution < 1.29 is 14.3 Å². The summed E-state index contributed by atoms with van der Waals surface area (Å²) in [7, 11) is 0. The summed E-state index contributed by atoms with van der Waals surface area (Å²) in [6.07, 6.45) is 1.57. The SMILES string of the molecule is CC(=O)N1CCOc2cc(NC(=O)c3ccccn3)ccc21. The summed E-state index contributed by atoms with van der Waals surface area (Å²) in [4.78, 5) is 29.3. The molecule has 1 aromatic carbocycles. The lowest BCUT2D eigenvalue weighted by Gasteiger charge is -2.28. The summed E-state index contributed by atoms with van der Waals surface area (Å²) in [5.74, 6) is 0.259. The monoisotopic (exact) mass is 297 g/mol. The number of benzene rings is 1. The first-order valence-electron chi connectivity index (χ1n) is 6.92. The van der Waals surface area contributed by atoms with E-state index >= 15 is 0 Å². The number of rotatable bonds is 2. The van der Waals surface area contributed by atoms with Crippen LogP contribution in [0, 0.1) is 0 Å². The third-order valence-electron chi connectivity index (χ3n) is 3.36. The van der Waals surface area contributed by atoms with E-state index in [1.165, 1.54) is 6.92 Å². The minimum absolute atomic E-state index is 0.0326. The molecule has 0 aliphatic carbocycles. The maximum absolute atomic E-state index is 12.1. The molecule has 0 spiro atoms. The van der Waals surface area contributed by atoms with Crippen LogP contribution < -0.4 is 15.0 Å². The molecule has 0 atom stereocenters. The van der Waals surface area contributed by atoms with E-state index in [1.54, 1.807) is 47.5 Å². The van der Waals surface area contributed by atoms with Crippen molar-refractivity contribution in [3.63, 3.8) is 0 Å². The van der Waals surface area contributed by atoms with E-state index in [0.717, 1.165) is 5.69 Å². The Balaban J connectivity index is 1.82. The van der Waals surface area contributed by atoms with Gasteiger partial charge in [-0.2, -0.15) is 0 Å². The maximum Gasteiger partial charge on any atom is 0.274 e. The molecule has 6 nitrogen and oxygen atoms in total. The second-order valence-corrected chi connectivity index (χ2v) is 4.87. The molecule has 0 fully saturated rings. The van der Waals surface area contributed by atoms with Crippen molar-refractivity contribution in [2.75, 3.05) is 23.4 Å². The van der Waals surface area contributed by atoms with Crippen molar-refractivity contribution >= 4 is 23.2 Å². The predicted octanol–water partition coefficient (Wildman–Crippen LogP) is 2.08. The van der Waals surface area contributed by atoms with E-state index < -0.39 is 0 Å². The van der Waals surface area contributed by atoms with E-state index in [2.05, 4.69) is 10.3 Å². The zero-order valence-electron chi connectivity index (χ0n) is 12.1. The molecule has 1 N–H and O–H groups in total. The van der Waals surface area contributed by atoms with Crippen LogP contribution in [-0.4, -0.2) is 29.9 Å². The molecule has 0 radical (unpaired) electrons. The average Bonchev–Trinajstić information content (AvgIpc) is 2.54. The van der Waals surface area contributed by atoms with Gasteiger partial charge in [-0.15, -0.1) is 0 Å². The Morgan fingerprint density at radius 3 is 2.86 bits per heavy atom. The van der Waals surface area contributed by atoms with Gasteiger partial charge in [0, 0.05) is 24.9 Å². The number of nitrogens with one attached hydrogen (secondary N) is 1. The highest BCUT2D eigenvalue weighted by molar-refractivity contribution is 6.03. The summed E-state index contributed by atoms with van der Waals surface area (Å²) in [5.41, 5.74) is 1.65. The Labute approximate surface area is 127 Å². The molecule has 112 valence electrons. The second kappa shape index (κ2) is 5.85. The van der Waals surface area contributed by atoms with Gasteiger partial charge in [0.05, 0.1) is 12.2 Å². The van der Waals surface area contributed by atoms with E-state index in [4.69, 9.17) is 4.74 Å². The van der Waals surface area contributed by atoms with Gasteiger partial charge in [0.25, 0.3) is 5.91 Å². The minimum Gasteiger partial charge on any atom is -0.489 e. The van der Waals surface area contributed by atoms with Gasteiger partial charge in [0.2, 0.25) is 5.91 Å². The van der Waals surface area contributed by atoms with Gasteiger partial charge in [0.15, 0.2) is 0 Å². The number of amides is 2. The molecule has 0 bridgehead atoms. The number of ether oxygens (including phenoxy) is 1. The number of pyridine rings is 1. The zero-order chi connectivity index (χ0) is 15.5. The number of hydrogen-bond donors (Lipinski definition) is 1. The third kappa shape index (κ3) is 2.76. The first-order valence-corrected chi connectivity index (χ1v) is 6.92. The molecule has 0 saturated heterocycles. The summed E-state index contributed by atoms with van der Waals surface area (Å²) < 4.78 is 5.57. The molecule has 1 aliphatic heterocycles. The molecule has 1 aromatic heterocycles. The van der Waals surface area contributed by atoms with E-state index in [1.807, 2.05) is 0 Å². The number of fused-ring (bicyclic) bond motifs is 1. The van der Waals surface area contributed by atoms with Gasteiger partial charge < -0.3 is 15.0 Å². The van der Waals surface area contributed by atoms with Crippen LogP contribution in [0.3, 0.4) is 0 Å². The molecular formula is C16H15N3O3. The van der Waals surface area contributed by atoms with Crippen molar-refractivity contribution in [3.8, 4) is 5.75 Å². The highest BCUT2D eigenvalue weighted by Gasteiger charge is 2.21. The lowest BCUT2D eigenvalue weighted by molar-refractivity contribution is -0.116. The van der Waals surface area contributed by atoms with Gasteiger partial charge in [-0.3, -0.25) is 14.6 Å². The molecule has 2 aromatic rings. The lowest BCUT2D eigenvalue weighted by atomic mass is 10.2. The fraction of sp³-hybridized carbons (Fsp3) is 0.188. The van der Waals surface area contributed by atoms with Crippen LogP contribution in [0.5, 0.6) is 5.75 Å². The van der Waals surface area contributed by atoms with Crippen LogP contribution in [0.4, 0.5) is 11.4 Å². The summed E-state index contributed by atoms with van der Waals surface area (Å²) >= 11 is 0. The van der Waals surface area contributed by atoms with Crippen LogP contribution >= 0.6 is 0 Å². The standard InChI is InChI=1S/C16H15N3O3/c1-11(20)19-8-9-22-15-10-12(5-6-14(15)19)18-16(21)13-4-2-3-7-17-13/h2-7,10H,8-9H2,1H3,(H,18,21). The number of anilines is 2. The van der Waals surface area contributed by atoms with Crippen LogP contribution in [0.2, 0.25) is 0 Å². The summed E-state index contributed by atoms with van der Waals surface area (Å²) in [6.45, 7) is 2.48. The first kappa shape index (κ1) is 14.1. The van der Waals surface area contributed by atoms with E-state index in [-0.39, 0.29) is 11.8 Å². The minimum atomic E-state index is -0.292. The van der Waals surface area contributed by atoms with Crippen LogP contribution in [0.15, 0.2) is 42.6 Å². The number of carbonyl (C=O) groups excluding carboxylic acids is 2. The number of aromatic nitrogens is 1. The van der Waals surface area contributed by atoms with Crippen molar-refractivity contribution in [2.45, 2.75) is 6.92 Å². The third-order valence-corrected chi connectivity index (χ3v) is 3.36. The van der Waals surface area contributed by atoms with Crippen LogP contribution in [-0.2, 0) is 4.79 Å². The smallest absolute Gasteiger partial charge is 0.274 e. The molecule has 1 aliphatic rings. The molecule has 0 unspecified atom stereocenters. The maximum atomic E-state index is 12.1. The first-order chi connectivity index (χ1) is 10.6. The van der Waals surface area contributed by atoms with Crippen molar-refractivity contribution in [3.05, 3.63) is 48.3 Å². The molecular weight excluding hydrogens is 282 g/mol. The molecule has 6 heteroatoms. The zero-order valence-corrected chi connectivity index (χ0v) is 12.1. The summed E-state index contributed by atoms with van der Waals surface area (Å²) in [6, 6.07) is 10.4. The van der Waals surface area contributed by atoms with Gasteiger partial charge in [-0.05, 0) is 24.3 Å². The van der Waals surface area contributed by atoms with Crippen molar-refractivity contribution in [2.24, 2.45) is 0 Å². The van der Waals surface area contributed by atoms with Gasteiger partial charge in [-0.25, -0.2) is 0 Å². The second-order valence-electron chi connectivity index (χ2n) is 4.87. The Kier molecular flexibility index (Phi) is 3.74. The largest absolute Gasteiger partial charge is 0.489 e. The van der Waals surface area contributed by atoms with E-state index in [9.17, 15) is 9.59 Å². The Hall–Kier alpha value is -2.89. The molecule has 22 heavy (non-hydrogen) atoms.